The van der Waals surface area contributed by atoms with Crippen LogP contribution in [0.15, 0.2) is 21.8 Å². The predicted molar refractivity (Wildman–Crippen MR) is 101 cm³/mol. The van der Waals surface area contributed by atoms with Crippen LogP contribution >= 0.6 is 34.7 Å². The van der Waals surface area contributed by atoms with Crippen LogP contribution in [0.2, 0.25) is 4.34 Å². The van der Waals surface area contributed by atoms with E-state index in [0.717, 1.165) is 4.88 Å². The monoisotopic (exact) mass is 435 g/mol. The van der Waals surface area contributed by atoms with Crippen molar-refractivity contribution in [3.8, 4) is 0 Å². The van der Waals surface area contributed by atoms with Crippen LogP contribution < -0.4 is 0 Å². The van der Waals surface area contributed by atoms with Gasteiger partial charge >= 0.3 is 0 Å². The van der Waals surface area contributed by atoms with Gasteiger partial charge in [0.15, 0.2) is 9.84 Å². The van der Waals surface area contributed by atoms with E-state index in [0.29, 0.717) is 34.8 Å². The Kier molecular flexibility index (Phi) is 6.26. The van der Waals surface area contributed by atoms with Crippen LogP contribution in [-0.2, 0) is 27.6 Å². The van der Waals surface area contributed by atoms with Gasteiger partial charge in [-0.3, -0.25) is 4.79 Å². The number of aromatic nitrogens is 2. The quantitative estimate of drug-likeness (QED) is 0.616. The molecule has 0 N–H and O–H groups in total. The molecule has 1 saturated heterocycles. The molecular formula is C15H18ClN3O4S3. The van der Waals surface area contributed by atoms with Crippen LogP contribution in [0.1, 0.15) is 17.2 Å². The first-order valence-corrected chi connectivity index (χ1v) is 11.9. The molecule has 0 aromatic carbocycles. The number of rotatable bonds is 7. The molecule has 1 fully saturated rings. The van der Waals surface area contributed by atoms with Crippen molar-refractivity contribution in [1.82, 2.24) is 15.1 Å². The standard InChI is InChI=1S/C15H18ClN3O4S3/c1-19(7-11-2-3-12(16)25-11)14(20)8-24-15-18-17-13(23-15)6-10-4-5-26(21,22)9-10/h2-3,10H,4-9H2,1H3/t10-/m0/s1. The first-order chi connectivity index (χ1) is 12.3. The molecule has 7 nitrogen and oxygen atoms in total. The second kappa shape index (κ2) is 8.28. The van der Waals surface area contributed by atoms with Crippen molar-refractivity contribution >= 4 is 50.4 Å². The molecule has 0 saturated carbocycles. The Morgan fingerprint density at radius 1 is 1.46 bits per heavy atom. The Morgan fingerprint density at radius 3 is 2.92 bits per heavy atom. The number of thiophene rings is 1. The lowest BCUT2D eigenvalue weighted by atomic mass is 10.1. The molecule has 1 atom stereocenters. The third-order valence-electron chi connectivity index (χ3n) is 4.01. The average Bonchev–Trinajstić information content (AvgIpc) is 3.27. The molecule has 11 heteroatoms. The van der Waals surface area contributed by atoms with E-state index in [1.807, 2.05) is 12.1 Å². The maximum atomic E-state index is 12.2. The topological polar surface area (TPSA) is 93.4 Å². The first-order valence-electron chi connectivity index (χ1n) is 7.94. The summed E-state index contributed by atoms with van der Waals surface area (Å²) in [6.07, 6.45) is 1.09. The van der Waals surface area contributed by atoms with Crippen molar-refractivity contribution in [2.45, 2.75) is 24.6 Å². The highest BCUT2D eigenvalue weighted by molar-refractivity contribution is 7.99. The molecule has 1 aliphatic rings. The summed E-state index contributed by atoms with van der Waals surface area (Å²) in [6.45, 7) is 0.502. The van der Waals surface area contributed by atoms with Crippen molar-refractivity contribution in [3.63, 3.8) is 0 Å². The minimum Gasteiger partial charge on any atom is -0.416 e. The number of carbonyl (C=O) groups excluding carboxylic acids is 1. The fraction of sp³-hybridized carbons (Fsp3) is 0.533. The number of thioether (sulfide) groups is 1. The van der Waals surface area contributed by atoms with Crippen LogP contribution in [0.5, 0.6) is 0 Å². The SMILES string of the molecule is CN(Cc1ccc(Cl)s1)C(=O)CSc1nnc(C[C@@H]2CCS(=O)(=O)C2)o1. The van der Waals surface area contributed by atoms with Gasteiger partial charge in [0.25, 0.3) is 5.22 Å². The molecule has 0 bridgehead atoms. The number of nitrogens with zero attached hydrogens (tertiary/aromatic N) is 3. The lowest BCUT2D eigenvalue weighted by Crippen LogP contribution is -2.27. The summed E-state index contributed by atoms with van der Waals surface area (Å²) in [6, 6.07) is 3.71. The smallest absolute Gasteiger partial charge is 0.277 e. The Balaban J connectivity index is 1.46. The molecule has 2 aromatic heterocycles. The first kappa shape index (κ1) is 19.7. The highest BCUT2D eigenvalue weighted by Gasteiger charge is 2.29. The summed E-state index contributed by atoms with van der Waals surface area (Å²) in [5, 5.41) is 8.20. The van der Waals surface area contributed by atoms with E-state index in [1.54, 1.807) is 11.9 Å². The van der Waals surface area contributed by atoms with Crippen molar-refractivity contribution in [2.24, 2.45) is 5.92 Å². The molecule has 0 unspecified atom stereocenters. The van der Waals surface area contributed by atoms with E-state index in [4.69, 9.17) is 16.0 Å². The largest absolute Gasteiger partial charge is 0.416 e. The third-order valence-corrected chi connectivity index (χ3v) is 7.86. The maximum absolute atomic E-state index is 12.2. The van der Waals surface area contributed by atoms with Crippen molar-refractivity contribution in [2.75, 3.05) is 24.3 Å². The van der Waals surface area contributed by atoms with E-state index >= 15 is 0 Å². The second-order valence-corrected chi connectivity index (χ2v) is 11.1. The number of hydrogen-bond donors (Lipinski definition) is 0. The van der Waals surface area contributed by atoms with Gasteiger partial charge in [-0.25, -0.2) is 8.42 Å². The highest BCUT2D eigenvalue weighted by atomic mass is 35.5. The van der Waals surface area contributed by atoms with Crippen LogP contribution in [-0.4, -0.2) is 53.7 Å². The van der Waals surface area contributed by atoms with Crippen molar-refractivity contribution in [1.29, 1.82) is 0 Å². The van der Waals surface area contributed by atoms with Crippen LogP contribution in [0.4, 0.5) is 0 Å². The van der Waals surface area contributed by atoms with Gasteiger partial charge in [-0.2, -0.15) is 0 Å². The Labute approximate surface area is 165 Å². The molecule has 1 amide bonds. The minimum absolute atomic E-state index is 0.0312. The molecule has 1 aliphatic heterocycles. The number of amides is 1. The fourth-order valence-electron chi connectivity index (χ4n) is 2.65. The maximum Gasteiger partial charge on any atom is 0.277 e. The van der Waals surface area contributed by atoms with Gasteiger partial charge in [-0.1, -0.05) is 23.4 Å². The van der Waals surface area contributed by atoms with Gasteiger partial charge < -0.3 is 9.32 Å². The summed E-state index contributed by atoms with van der Waals surface area (Å²) in [5.41, 5.74) is 0. The molecule has 2 aromatic rings. The third kappa shape index (κ3) is 5.45. The Bertz CT molecular complexity index is 880. The molecule has 26 heavy (non-hydrogen) atoms. The van der Waals surface area contributed by atoms with E-state index in [2.05, 4.69) is 10.2 Å². The van der Waals surface area contributed by atoms with Gasteiger partial charge in [0, 0.05) is 18.3 Å². The number of hydrogen-bond acceptors (Lipinski definition) is 8. The van der Waals surface area contributed by atoms with Crippen LogP contribution in [0.25, 0.3) is 0 Å². The number of sulfone groups is 1. The molecule has 0 aliphatic carbocycles. The molecule has 3 heterocycles. The van der Waals surface area contributed by atoms with Gasteiger partial charge in [-0.15, -0.1) is 21.5 Å². The van der Waals surface area contributed by atoms with Gasteiger partial charge in [-0.05, 0) is 24.5 Å². The van der Waals surface area contributed by atoms with E-state index in [1.165, 1.54) is 23.1 Å². The summed E-state index contributed by atoms with van der Waals surface area (Å²) < 4.78 is 29.2. The highest BCUT2D eigenvalue weighted by Crippen LogP contribution is 2.25. The average molecular weight is 436 g/mol. The Hall–Kier alpha value is -1.10. The number of carbonyl (C=O) groups is 1. The zero-order valence-electron chi connectivity index (χ0n) is 14.1. The number of halogens is 1. The lowest BCUT2D eigenvalue weighted by molar-refractivity contribution is -0.127. The summed E-state index contributed by atoms with van der Waals surface area (Å²) in [7, 11) is -1.18. The van der Waals surface area contributed by atoms with Crippen LogP contribution in [0, 0.1) is 5.92 Å². The van der Waals surface area contributed by atoms with Crippen LogP contribution in [0.3, 0.4) is 0 Å². The Morgan fingerprint density at radius 2 is 2.27 bits per heavy atom. The lowest BCUT2D eigenvalue weighted by Gasteiger charge is -2.15. The van der Waals surface area contributed by atoms with E-state index in [9.17, 15) is 13.2 Å². The molecule has 0 radical (unpaired) electrons. The summed E-state index contributed by atoms with van der Waals surface area (Å²) in [4.78, 5) is 14.8. The fourth-order valence-corrected chi connectivity index (χ4v) is 6.38. The minimum atomic E-state index is -2.92. The molecule has 3 rings (SSSR count). The molecule has 142 valence electrons. The van der Waals surface area contributed by atoms with E-state index < -0.39 is 9.84 Å². The van der Waals surface area contributed by atoms with Crippen molar-refractivity contribution < 1.29 is 17.6 Å². The van der Waals surface area contributed by atoms with E-state index in [-0.39, 0.29) is 29.1 Å². The van der Waals surface area contributed by atoms with Gasteiger partial charge in [0.1, 0.15) is 0 Å². The predicted octanol–water partition coefficient (Wildman–Crippen LogP) is 2.51. The summed E-state index contributed by atoms with van der Waals surface area (Å²) in [5.74, 6) is 0.987. The molecular weight excluding hydrogens is 418 g/mol. The van der Waals surface area contributed by atoms with Crippen molar-refractivity contribution in [3.05, 3.63) is 27.2 Å². The van der Waals surface area contributed by atoms with Gasteiger partial charge in [0.2, 0.25) is 11.8 Å². The zero-order valence-corrected chi connectivity index (χ0v) is 17.3. The molecule has 0 spiro atoms. The second-order valence-electron chi connectivity index (χ2n) is 6.18. The summed E-state index contributed by atoms with van der Waals surface area (Å²) >= 11 is 8.52. The zero-order chi connectivity index (χ0) is 18.7. The van der Waals surface area contributed by atoms with Gasteiger partial charge in [0.05, 0.1) is 28.1 Å². The normalized spacial score (nSPS) is 18.9.